The first-order valence-corrected chi connectivity index (χ1v) is 6.83. The molecule has 1 aliphatic rings. The highest BCUT2D eigenvalue weighted by atomic mass is 16.6. The highest BCUT2D eigenvalue weighted by Crippen LogP contribution is 2.24. The van der Waals surface area contributed by atoms with Gasteiger partial charge < -0.3 is 50.7 Å². The van der Waals surface area contributed by atoms with Crippen molar-refractivity contribution >= 4 is 11.8 Å². The van der Waals surface area contributed by atoms with E-state index in [4.69, 9.17) is 15.3 Å². The summed E-state index contributed by atoms with van der Waals surface area (Å²) in [6.07, 6.45) is -19.3. The first-order valence-electron chi connectivity index (χ1n) is 6.83. The number of ketones is 1. The van der Waals surface area contributed by atoms with Crippen LogP contribution >= 0.6 is 0 Å². The van der Waals surface area contributed by atoms with E-state index in [2.05, 4.69) is 4.74 Å². The number of Topliss-reactive ketones (excluding diaryl/α,β-unsaturated/α-hetero) is 1. The third-order valence-electron chi connectivity index (χ3n) is 3.68. The second kappa shape index (κ2) is 8.24. The van der Waals surface area contributed by atoms with E-state index in [1.807, 2.05) is 0 Å². The smallest absolute Gasteiger partial charge is 0.335 e. The van der Waals surface area contributed by atoms with Crippen molar-refractivity contribution < 1.29 is 60.3 Å². The summed E-state index contributed by atoms with van der Waals surface area (Å²) < 4.78 is 4.67. The minimum Gasteiger partial charge on any atom is -0.479 e. The molecule has 1 rings (SSSR count). The van der Waals surface area contributed by atoms with Crippen LogP contribution in [-0.4, -0.2) is 119 Å². The van der Waals surface area contributed by atoms with Gasteiger partial charge in [-0.1, -0.05) is 0 Å². The summed E-state index contributed by atoms with van der Waals surface area (Å²) in [6.45, 7) is -0.992. The molecule has 12 heteroatoms. The Hall–Kier alpha value is -1.22. The fourth-order valence-corrected chi connectivity index (χ4v) is 2.18. The molecule has 0 saturated carbocycles. The molecule has 140 valence electrons. The van der Waals surface area contributed by atoms with Crippen molar-refractivity contribution in [2.24, 2.45) is 0 Å². The molecule has 0 aliphatic carbocycles. The van der Waals surface area contributed by atoms with Crippen molar-refractivity contribution in [3.63, 3.8) is 0 Å². The van der Waals surface area contributed by atoms with E-state index in [-0.39, 0.29) is 0 Å². The molecule has 1 unspecified atom stereocenters. The van der Waals surface area contributed by atoms with Crippen LogP contribution in [0.3, 0.4) is 0 Å². The van der Waals surface area contributed by atoms with Gasteiger partial charge in [-0.3, -0.25) is 4.79 Å². The van der Waals surface area contributed by atoms with E-state index in [9.17, 15) is 40.2 Å². The lowest BCUT2D eigenvalue weighted by Crippen LogP contribution is -2.64. The highest BCUT2D eigenvalue weighted by molar-refractivity contribution is 5.89. The summed E-state index contributed by atoms with van der Waals surface area (Å²) >= 11 is 0. The number of ether oxygens (including phenoxy) is 1. The fraction of sp³-hybridized carbons (Fsp3) is 0.833. The van der Waals surface area contributed by atoms with Gasteiger partial charge in [-0.15, -0.1) is 0 Å². The van der Waals surface area contributed by atoms with E-state index in [0.29, 0.717) is 0 Å². The number of rotatable bonds is 7. The minimum atomic E-state index is -2.45. The fourth-order valence-electron chi connectivity index (χ4n) is 2.18. The monoisotopic (exact) mass is 356 g/mol. The molecule has 0 spiro atoms. The van der Waals surface area contributed by atoms with Crippen LogP contribution in [0.1, 0.15) is 0 Å². The molecule has 0 aromatic carbocycles. The van der Waals surface area contributed by atoms with Gasteiger partial charge in [-0.2, -0.15) is 0 Å². The van der Waals surface area contributed by atoms with Crippen molar-refractivity contribution in [2.75, 3.05) is 6.61 Å². The molecular weight excluding hydrogens is 336 g/mol. The second-order valence-electron chi connectivity index (χ2n) is 5.37. The van der Waals surface area contributed by atoms with Gasteiger partial charge in [0.2, 0.25) is 0 Å². The Labute approximate surface area is 134 Å². The molecule has 1 saturated heterocycles. The Bertz CT molecular complexity index is 455. The van der Waals surface area contributed by atoms with Gasteiger partial charge in [0, 0.05) is 0 Å². The van der Waals surface area contributed by atoms with Crippen molar-refractivity contribution in [3.8, 4) is 0 Å². The molecule has 9 atom stereocenters. The van der Waals surface area contributed by atoms with Gasteiger partial charge in [0.05, 0.1) is 6.61 Å². The molecule has 1 aliphatic heterocycles. The standard InChI is InChI=1S/C12H20O12/c13-1-2(14)3(15)4(16)5(17)7(19)10-8(20)6(18)9(21)11(24-10)12(22)23/h2-6,8-11,13-18,20-21H,1H2,(H,22,23)/t2-,3-,4+,5-,6-,8-,9+,10?,11+/m1/s1. The quantitative estimate of drug-likeness (QED) is 0.208. The van der Waals surface area contributed by atoms with Gasteiger partial charge >= 0.3 is 5.97 Å². The maximum atomic E-state index is 12.0. The normalized spacial score (nSPS) is 35.8. The predicted octanol–water partition coefficient (Wildman–Crippen LogP) is -6.07. The first kappa shape index (κ1) is 20.8. The molecule has 0 radical (unpaired) electrons. The molecule has 0 bridgehead atoms. The highest BCUT2D eigenvalue weighted by Gasteiger charge is 2.51. The number of aliphatic hydroxyl groups excluding tert-OH is 8. The number of carbonyl (C=O) groups excluding carboxylic acids is 1. The molecule has 1 fully saturated rings. The number of carbonyl (C=O) groups is 2. The third-order valence-corrected chi connectivity index (χ3v) is 3.68. The molecule has 24 heavy (non-hydrogen) atoms. The van der Waals surface area contributed by atoms with Crippen LogP contribution in [0, 0.1) is 0 Å². The average Bonchev–Trinajstić information content (AvgIpc) is 2.56. The number of hydrogen-bond donors (Lipinski definition) is 9. The molecule has 0 aromatic rings. The third kappa shape index (κ3) is 4.05. The lowest BCUT2D eigenvalue weighted by atomic mass is 9.89. The van der Waals surface area contributed by atoms with Crippen LogP contribution in [-0.2, 0) is 14.3 Å². The lowest BCUT2D eigenvalue weighted by Gasteiger charge is -2.39. The van der Waals surface area contributed by atoms with Crippen LogP contribution in [0.25, 0.3) is 0 Å². The number of carboxylic acids is 1. The predicted molar refractivity (Wildman–Crippen MR) is 70.4 cm³/mol. The molecule has 9 N–H and O–H groups in total. The first-order chi connectivity index (χ1) is 11.0. The summed E-state index contributed by atoms with van der Waals surface area (Å²) in [5, 5.41) is 84.2. The van der Waals surface area contributed by atoms with Gasteiger partial charge in [0.1, 0.15) is 48.8 Å². The van der Waals surface area contributed by atoms with Crippen molar-refractivity contribution in [2.45, 2.75) is 54.9 Å². The number of hydrogen-bond acceptors (Lipinski definition) is 11. The number of carboxylic acid groups (broad SMARTS) is 1. The van der Waals surface area contributed by atoms with Crippen LogP contribution in [0.2, 0.25) is 0 Å². The largest absolute Gasteiger partial charge is 0.479 e. The Kier molecular flexibility index (Phi) is 7.15. The zero-order chi connectivity index (χ0) is 18.8. The van der Waals surface area contributed by atoms with Gasteiger partial charge in [0.25, 0.3) is 0 Å². The van der Waals surface area contributed by atoms with Gasteiger partial charge in [0.15, 0.2) is 11.9 Å². The zero-order valence-electron chi connectivity index (χ0n) is 12.2. The van der Waals surface area contributed by atoms with Crippen molar-refractivity contribution in [1.29, 1.82) is 0 Å². The Morgan fingerprint density at radius 1 is 0.875 bits per heavy atom. The van der Waals surface area contributed by atoms with E-state index < -0.39 is 73.3 Å². The van der Waals surface area contributed by atoms with E-state index in [0.717, 1.165) is 0 Å². The molecule has 1 heterocycles. The molecular formula is C12H20O12. The average molecular weight is 356 g/mol. The van der Waals surface area contributed by atoms with Gasteiger partial charge in [-0.05, 0) is 0 Å². The Balaban J connectivity index is 2.93. The van der Waals surface area contributed by atoms with Crippen molar-refractivity contribution in [1.82, 2.24) is 0 Å². The van der Waals surface area contributed by atoms with Gasteiger partial charge in [-0.25, -0.2) is 4.79 Å². The second-order valence-corrected chi connectivity index (χ2v) is 5.37. The molecule has 12 nitrogen and oxygen atoms in total. The summed E-state index contributed by atoms with van der Waals surface area (Å²) in [5.41, 5.74) is 0. The number of aliphatic hydroxyl groups is 8. The minimum absolute atomic E-state index is 0.992. The van der Waals surface area contributed by atoms with Crippen LogP contribution < -0.4 is 0 Å². The van der Waals surface area contributed by atoms with Crippen LogP contribution in [0.4, 0.5) is 0 Å². The van der Waals surface area contributed by atoms with E-state index >= 15 is 0 Å². The summed E-state index contributed by atoms with van der Waals surface area (Å²) in [7, 11) is 0. The summed E-state index contributed by atoms with van der Waals surface area (Å²) in [4.78, 5) is 23.0. The maximum Gasteiger partial charge on any atom is 0.335 e. The lowest BCUT2D eigenvalue weighted by molar-refractivity contribution is -0.229. The van der Waals surface area contributed by atoms with Crippen LogP contribution in [0.15, 0.2) is 0 Å². The van der Waals surface area contributed by atoms with Crippen LogP contribution in [0.5, 0.6) is 0 Å². The maximum absolute atomic E-state index is 12.0. The molecule has 0 aromatic heterocycles. The Morgan fingerprint density at radius 3 is 1.83 bits per heavy atom. The summed E-state index contributed by atoms with van der Waals surface area (Å²) in [5.74, 6) is -3.26. The zero-order valence-corrected chi connectivity index (χ0v) is 12.2. The number of aliphatic carboxylic acids is 1. The Morgan fingerprint density at radius 2 is 1.38 bits per heavy atom. The van der Waals surface area contributed by atoms with Crippen molar-refractivity contribution in [3.05, 3.63) is 0 Å². The van der Waals surface area contributed by atoms with E-state index in [1.165, 1.54) is 0 Å². The topological polar surface area (TPSA) is 225 Å². The molecule has 0 amide bonds. The SMILES string of the molecule is O=C(O)[C@H]1OC(C(=O)[C@H](O)[C@@H](O)[C@H](O)[C@H](O)CO)[C@H](O)[C@@H](O)[C@@H]1O. The van der Waals surface area contributed by atoms with E-state index in [1.54, 1.807) is 0 Å². The summed E-state index contributed by atoms with van der Waals surface area (Å²) in [6, 6.07) is 0.